The minimum absolute atomic E-state index is 0.106. The van der Waals surface area contributed by atoms with E-state index >= 15 is 0 Å². The van der Waals surface area contributed by atoms with Gasteiger partial charge in [0.15, 0.2) is 12.2 Å². The van der Waals surface area contributed by atoms with Crippen LogP contribution in [0, 0.1) is 23.7 Å². The number of phosphoric ester groups is 2. The summed E-state index contributed by atoms with van der Waals surface area (Å²) >= 11 is 0. The van der Waals surface area contributed by atoms with E-state index in [0.29, 0.717) is 31.6 Å². The molecule has 0 saturated carbocycles. The number of hydrogen-bond donors (Lipinski definition) is 3. The van der Waals surface area contributed by atoms with Crippen LogP contribution in [-0.4, -0.2) is 96.7 Å². The Morgan fingerprint density at radius 3 is 0.596 bits per heavy atom. The molecule has 0 aliphatic rings. The van der Waals surface area contributed by atoms with Gasteiger partial charge in [-0.15, -0.1) is 0 Å². The fraction of sp³-hybridized carbons (Fsp3) is 0.953. The molecule has 0 amide bonds. The summed E-state index contributed by atoms with van der Waals surface area (Å²) in [5.41, 5.74) is 0. The van der Waals surface area contributed by atoms with E-state index < -0.39 is 97.5 Å². The molecule has 0 saturated heterocycles. The Morgan fingerprint density at radius 2 is 0.404 bits per heavy atom. The van der Waals surface area contributed by atoms with E-state index in [1.54, 1.807) is 0 Å². The number of rotatable bonds is 82. The first-order valence-corrected chi connectivity index (χ1v) is 46.7. The quantitative estimate of drug-likeness (QED) is 0.0222. The lowest BCUT2D eigenvalue weighted by atomic mass is 10.0. The highest BCUT2D eigenvalue weighted by Crippen LogP contribution is 2.45. The van der Waals surface area contributed by atoms with Crippen molar-refractivity contribution in [2.24, 2.45) is 23.7 Å². The fourth-order valence-corrected chi connectivity index (χ4v) is 14.7. The lowest BCUT2D eigenvalue weighted by molar-refractivity contribution is -0.161. The van der Waals surface area contributed by atoms with Crippen molar-refractivity contribution in [2.75, 3.05) is 39.6 Å². The molecular weight excluding hydrogens is 1350 g/mol. The number of carbonyl (C=O) groups is 4. The van der Waals surface area contributed by atoms with Crippen molar-refractivity contribution >= 4 is 39.5 Å². The molecule has 0 fully saturated rings. The average Bonchev–Trinajstić information content (AvgIpc) is 0.911. The van der Waals surface area contributed by atoms with Crippen LogP contribution in [0.1, 0.15) is 441 Å². The van der Waals surface area contributed by atoms with Crippen LogP contribution in [0.25, 0.3) is 0 Å². The molecule has 618 valence electrons. The molecule has 5 atom stereocenters. The molecule has 19 heteroatoms. The molecule has 3 N–H and O–H groups in total. The van der Waals surface area contributed by atoms with Crippen LogP contribution in [0.4, 0.5) is 0 Å². The Bertz CT molecular complexity index is 2020. The topological polar surface area (TPSA) is 237 Å². The Hall–Kier alpha value is -1.94. The summed E-state index contributed by atoms with van der Waals surface area (Å²) in [7, 11) is -9.93. The number of aliphatic hydroxyl groups is 1. The number of carbonyl (C=O) groups excluding carboxylic acids is 4. The molecule has 3 unspecified atom stereocenters. The second-order valence-corrected chi connectivity index (χ2v) is 35.4. The molecule has 0 radical (unpaired) electrons. The van der Waals surface area contributed by atoms with Crippen molar-refractivity contribution in [3.8, 4) is 0 Å². The van der Waals surface area contributed by atoms with Gasteiger partial charge < -0.3 is 33.8 Å². The number of hydrogen-bond acceptors (Lipinski definition) is 15. The van der Waals surface area contributed by atoms with Gasteiger partial charge in [-0.1, -0.05) is 389 Å². The zero-order valence-corrected chi connectivity index (χ0v) is 70.5. The van der Waals surface area contributed by atoms with Crippen LogP contribution in [0.2, 0.25) is 0 Å². The van der Waals surface area contributed by atoms with Crippen molar-refractivity contribution in [2.45, 2.75) is 459 Å². The van der Waals surface area contributed by atoms with Crippen LogP contribution >= 0.6 is 15.6 Å². The van der Waals surface area contributed by atoms with E-state index in [1.807, 2.05) is 0 Å². The lowest BCUT2D eigenvalue weighted by Crippen LogP contribution is -2.30. The van der Waals surface area contributed by atoms with Crippen LogP contribution in [0.3, 0.4) is 0 Å². The summed E-state index contributed by atoms with van der Waals surface area (Å²) in [6.07, 6.45) is 62.7. The van der Waals surface area contributed by atoms with E-state index in [2.05, 4.69) is 55.4 Å². The number of aliphatic hydroxyl groups excluding tert-OH is 1. The van der Waals surface area contributed by atoms with Crippen molar-refractivity contribution < 1.29 is 80.2 Å². The van der Waals surface area contributed by atoms with E-state index in [-0.39, 0.29) is 25.7 Å². The minimum Gasteiger partial charge on any atom is -0.462 e. The largest absolute Gasteiger partial charge is 0.472 e. The zero-order chi connectivity index (χ0) is 76.7. The molecule has 104 heavy (non-hydrogen) atoms. The highest BCUT2D eigenvalue weighted by atomic mass is 31.2. The third-order valence-corrected chi connectivity index (χ3v) is 21.7. The first-order chi connectivity index (χ1) is 50.1. The average molecular weight is 1520 g/mol. The first-order valence-electron chi connectivity index (χ1n) is 43.7. The molecule has 0 aromatic carbocycles. The Labute approximate surface area is 638 Å². The standard InChI is InChI=1S/C85H166O17P2/c1-75(2)61-53-45-37-31-25-19-13-9-11-15-22-28-34-40-49-57-65-82(87)95-71-80(101-84(89)67-59-51-41-35-29-23-16-12-10-14-20-26-32-38-46-54-62-76(3)4)73-99-103(91,92)97-69-79(86)70-98-104(93,94)100-74-81(72-96-83(88)66-58-50-44-43-48-56-64-78(7)8)102-85(90)68-60-52-42-36-30-24-18-17-21-27-33-39-47-55-63-77(5)6/h75-81,86H,9-74H2,1-8H3,(H,91,92)(H,93,94)/t79?,80-,81-/m1/s1. The van der Waals surface area contributed by atoms with E-state index in [9.17, 15) is 43.2 Å². The minimum atomic E-state index is -4.97. The lowest BCUT2D eigenvalue weighted by Gasteiger charge is -2.21. The van der Waals surface area contributed by atoms with Gasteiger partial charge in [0.05, 0.1) is 26.4 Å². The van der Waals surface area contributed by atoms with Crippen LogP contribution < -0.4 is 0 Å². The second-order valence-electron chi connectivity index (χ2n) is 32.5. The van der Waals surface area contributed by atoms with Crippen molar-refractivity contribution in [3.63, 3.8) is 0 Å². The maximum Gasteiger partial charge on any atom is 0.472 e. The Morgan fingerprint density at radius 1 is 0.240 bits per heavy atom. The molecule has 0 aromatic heterocycles. The number of ether oxygens (including phenoxy) is 4. The molecule has 0 aliphatic heterocycles. The summed E-state index contributed by atoms with van der Waals surface area (Å²) in [5.74, 6) is 0.986. The molecule has 0 heterocycles. The maximum absolute atomic E-state index is 13.1. The van der Waals surface area contributed by atoms with Crippen LogP contribution in [0.5, 0.6) is 0 Å². The van der Waals surface area contributed by atoms with Gasteiger partial charge >= 0.3 is 39.5 Å². The zero-order valence-electron chi connectivity index (χ0n) is 68.7. The first kappa shape index (κ1) is 102. The van der Waals surface area contributed by atoms with Crippen molar-refractivity contribution in [1.29, 1.82) is 0 Å². The Kier molecular flexibility index (Phi) is 72.5. The van der Waals surface area contributed by atoms with Gasteiger partial charge in [-0.25, -0.2) is 9.13 Å². The summed E-state index contributed by atoms with van der Waals surface area (Å²) in [4.78, 5) is 73.1. The normalized spacial score (nSPS) is 14.0. The summed E-state index contributed by atoms with van der Waals surface area (Å²) in [6, 6.07) is 0. The molecule has 0 spiro atoms. The van der Waals surface area contributed by atoms with Gasteiger partial charge in [-0.2, -0.15) is 0 Å². The van der Waals surface area contributed by atoms with Gasteiger partial charge in [-0.3, -0.25) is 37.3 Å². The predicted octanol–water partition coefficient (Wildman–Crippen LogP) is 25.6. The molecule has 0 aliphatic carbocycles. The second kappa shape index (κ2) is 73.8. The molecule has 0 aromatic rings. The van der Waals surface area contributed by atoms with Gasteiger partial charge in [-0.05, 0) is 49.4 Å². The number of unbranched alkanes of at least 4 members (excludes halogenated alkanes) is 48. The van der Waals surface area contributed by atoms with Gasteiger partial charge in [0.1, 0.15) is 19.3 Å². The number of esters is 4. The molecular formula is C85H166O17P2. The van der Waals surface area contributed by atoms with Gasteiger partial charge in [0.25, 0.3) is 0 Å². The third kappa shape index (κ3) is 78.2. The van der Waals surface area contributed by atoms with Crippen molar-refractivity contribution in [1.82, 2.24) is 0 Å². The molecule has 17 nitrogen and oxygen atoms in total. The molecule has 0 rings (SSSR count). The Balaban J connectivity index is 5.22. The fourth-order valence-electron chi connectivity index (χ4n) is 13.1. The monoisotopic (exact) mass is 1520 g/mol. The van der Waals surface area contributed by atoms with Crippen LogP contribution in [-0.2, 0) is 65.4 Å². The summed E-state index contributed by atoms with van der Waals surface area (Å²) < 4.78 is 68.8. The summed E-state index contributed by atoms with van der Waals surface area (Å²) in [6.45, 7) is 14.3. The van der Waals surface area contributed by atoms with E-state index in [0.717, 1.165) is 114 Å². The summed E-state index contributed by atoms with van der Waals surface area (Å²) in [5, 5.41) is 10.7. The highest BCUT2D eigenvalue weighted by Gasteiger charge is 2.30. The smallest absolute Gasteiger partial charge is 0.462 e. The highest BCUT2D eigenvalue weighted by molar-refractivity contribution is 7.47. The SMILES string of the molecule is CC(C)CCCCCCCCCCCCCCCCCCC(=O)OC[C@H](COP(=O)(O)OCC(O)COP(=O)(O)OC[C@@H](COC(=O)CCCCCCCCC(C)C)OC(=O)CCCCCCCCCCCCCCCCC(C)C)OC(=O)CCCCCCCCCCCCCCCCCCC(C)C. The van der Waals surface area contributed by atoms with Gasteiger partial charge in [0, 0.05) is 25.7 Å². The predicted molar refractivity (Wildman–Crippen MR) is 428 cm³/mol. The molecule has 0 bridgehead atoms. The third-order valence-electron chi connectivity index (χ3n) is 19.8. The maximum atomic E-state index is 13.1. The number of phosphoric acid groups is 2. The van der Waals surface area contributed by atoms with E-state index in [1.165, 1.54) is 238 Å². The van der Waals surface area contributed by atoms with E-state index in [4.69, 9.17) is 37.0 Å². The van der Waals surface area contributed by atoms with Crippen LogP contribution in [0.15, 0.2) is 0 Å². The van der Waals surface area contributed by atoms with Gasteiger partial charge in [0.2, 0.25) is 0 Å². The van der Waals surface area contributed by atoms with Crippen molar-refractivity contribution in [3.05, 3.63) is 0 Å².